The minimum atomic E-state index is -1.41. The van der Waals surface area contributed by atoms with Crippen LogP contribution in [0.5, 0.6) is 0 Å². The normalized spacial score (nSPS) is 26.7. The van der Waals surface area contributed by atoms with E-state index in [0.717, 1.165) is 4.90 Å². The van der Waals surface area contributed by atoms with Gasteiger partial charge < -0.3 is 0 Å². The third-order valence-corrected chi connectivity index (χ3v) is 6.18. The maximum absolute atomic E-state index is 13.8. The molecule has 146 valence electrons. The number of benzene rings is 3. The summed E-state index contributed by atoms with van der Waals surface area (Å²) in [5.74, 6) is -2.09. The van der Waals surface area contributed by atoms with Gasteiger partial charge in [-0.1, -0.05) is 60.7 Å². The standard InChI is InChI=1S/C24H16N2O4/c27-21-17-13-7-8-14-18(17)26-24(21,15-9-3-1-4-10-15)19-20(30-26)23(29)25(22(19)28)16-11-5-2-6-12-16/h1-14,19-20H/t19-,20+,24-/m0/s1. The van der Waals surface area contributed by atoms with Crippen LogP contribution in [0.2, 0.25) is 0 Å². The van der Waals surface area contributed by atoms with Gasteiger partial charge in [0.25, 0.3) is 5.91 Å². The smallest absolute Gasteiger partial charge is 0.266 e. The van der Waals surface area contributed by atoms with Crippen LogP contribution in [0.25, 0.3) is 0 Å². The number of carbonyl (C=O) groups is 3. The van der Waals surface area contributed by atoms with Crippen molar-refractivity contribution in [3.05, 3.63) is 96.1 Å². The average Bonchev–Trinajstić information content (AvgIpc) is 3.36. The lowest BCUT2D eigenvalue weighted by Gasteiger charge is -2.34. The van der Waals surface area contributed by atoms with Crippen molar-refractivity contribution in [2.75, 3.05) is 9.96 Å². The number of nitrogens with zero attached hydrogens (tertiary/aromatic N) is 2. The van der Waals surface area contributed by atoms with Crippen LogP contribution in [0.1, 0.15) is 15.9 Å². The average molecular weight is 396 g/mol. The molecule has 3 heterocycles. The van der Waals surface area contributed by atoms with Gasteiger partial charge in [-0.05, 0) is 29.8 Å². The lowest BCUT2D eigenvalue weighted by molar-refractivity contribution is -0.126. The Labute approximate surface area is 172 Å². The first-order valence-corrected chi connectivity index (χ1v) is 9.75. The van der Waals surface area contributed by atoms with E-state index in [-0.39, 0.29) is 5.78 Å². The van der Waals surface area contributed by atoms with Crippen molar-refractivity contribution in [1.82, 2.24) is 0 Å². The molecule has 30 heavy (non-hydrogen) atoms. The van der Waals surface area contributed by atoms with Crippen molar-refractivity contribution >= 4 is 29.0 Å². The summed E-state index contributed by atoms with van der Waals surface area (Å²) < 4.78 is 0. The fourth-order valence-electron chi connectivity index (χ4n) is 4.95. The van der Waals surface area contributed by atoms with Crippen LogP contribution < -0.4 is 9.96 Å². The highest BCUT2D eigenvalue weighted by molar-refractivity contribution is 6.28. The molecule has 3 atom stereocenters. The molecule has 0 radical (unpaired) electrons. The predicted octanol–water partition coefficient (Wildman–Crippen LogP) is 3.09. The Morgan fingerprint density at radius 2 is 1.37 bits per heavy atom. The number of fused-ring (bicyclic) bond motifs is 5. The first-order valence-electron chi connectivity index (χ1n) is 9.75. The van der Waals surface area contributed by atoms with Gasteiger partial charge in [0.05, 0.1) is 11.4 Å². The van der Waals surface area contributed by atoms with Gasteiger partial charge in [-0.2, -0.15) is 0 Å². The number of Topliss-reactive ketones (excluding diaryl/α,β-unsaturated/α-hetero) is 1. The lowest BCUT2D eigenvalue weighted by atomic mass is 9.74. The molecule has 3 aliphatic rings. The van der Waals surface area contributed by atoms with Crippen molar-refractivity contribution in [3.63, 3.8) is 0 Å². The van der Waals surface area contributed by atoms with E-state index in [2.05, 4.69) is 0 Å². The van der Waals surface area contributed by atoms with Crippen molar-refractivity contribution in [3.8, 4) is 0 Å². The van der Waals surface area contributed by atoms with Crippen LogP contribution >= 0.6 is 0 Å². The maximum Gasteiger partial charge on any atom is 0.266 e. The highest BCUT2D eigenvalue weighted by Crippen LogP contribution is 2.57. The number of hydroxylamine groups is 1. The van der Waals surface area contributed by atoms with Crippen molar-refractivity contribution < 1.29 is 19.2 Å². The Morgan fingerprint density at radius 1 is 0.733 bits per heavy atom. The number of para-hydroxylation sites is 2. The van der Waals surface area contributed by atoms with E-state index in [9.17, 15) is 14.4 Å². The largest absolute Gasteiger partial charge is 0.291 e. The second-order valence-electron chi connectivity index (χ2n) is 7.62. The van der Waals surface area contributed by atoms with Gasteiger partial charge in [-0.3, -0.25) is 19.2 Å². The van der Waals surface area contributed by atoms with Gasteiger partial charge in [0.1, 0.15) is 5.92 Å². The number of anilines is 2. The Balaban J connectivity index is 1.58. The number of rotatable bonds is 2. The second-order valence-corrected chi connectivity index (χ2v) is 7.62. The first kappa shape index (κ1) is 17.1. The van der Waals surface area contributed by atoms with Crippen molar-refractivity contribution in [1.29, 1.82) is 0 Å². The third kappa shape index (κ3) is 1.89. The Bertz CT molecular complexity index is 1210. The zero-order valence-corrected chi connectivity index (χ0v) is 15.8. The number of hydrogen-bond donors (Lipinski definition) is 0. The summed E-state index contributed by atoms with van der Waals surface area (Å²) in [6, 6.07) is 25.0. The minimum absolute atomic E-state index is 0.229. The van der Waals surface area contributed by atoms with E-state index >= 15 is 0 Å². The zero-order valence-electron chi connectivity index (χ0n) is 15.8. The first-order chi connectivity index (χ1) is 14.7. The molecule has 2 saturated heterocycles. The molecule has 0 aliphatic carbocycles. The fourth-order valence-corrected chi connectivity index (χ4v) is 4.95. The van der Waals surface area contributed by atoms with Crippen LogP contribution in [0.15, 0.2) is 84.9 Å². The molecule has 3 aliphatic heterocycles. The second kappa shape index (κ2) is 5.87. The molecule has 3 aromatic rings. The molecule has 0 N–H and O–H groups in total. The molecule has 0 bridgehead atoms. The summed E-state index contributed by atoms with van der Waals surface area (Å²) in [6.07, 6.45) is -1.06. The van der Waals surface area contributed by atoms with Gasteiger partial charge >= 0.3 is 0 Å². The number of ketones is 1. The third-order valence-electron chi connectivity index (χ3n) is 6.18. The van der Waals surface area contributed by atoms with E-state index in [1.165, 1.54) is 5.06 Å². The summed E-state index contributed by atoms with van der Waals surface area (Å²) >= 11 is 0. The van der Waals surface area contributed by atoms with Crippen LogP contribution in [0.4, 0.5) is 11.4 Å². The minimum Gasteiger partial charge on any atom is -0.291 e. The van der Waals surface area contributed by atoms with E-state index < -0.39 is 29.4 Å². The SMILES string of the molecule is O=C1[C@@H]2[C@@H](ON3c4ccccc4C(=O)[C@]23c2ccccc2)C(=O)N1c1ccccc1. The highest BCUT2D eigenvalue weighted by Gasteiger charge is 2.73. The van der Waals surface area contributed by atoms with Crippen LogP contribution in [-0.2, 0) is 20.0 Å². The van der Waals surface area contributed by atoms with Crippen molar-refractivity contribution in [2.24, 2.45) is 5.92 Å². The van der Waals surface area contributed by atoms with E-state index in [4.69, 9.17) is 4.84 Å². The Kier molecular flexibility index (Phi) is 3.35. The molecule has 6 nitrogen and oxygen atoms in total. The number of hydrogen-bond acceptors (Lipinski definition) is 5. The summed E-state index contributed by atoms with van der Waals surface area (Å²) in [5, 5.41) is 1.49. The van der Waals surface area contributed by atoms with Gasteiger partial charge in [0.15, 0.2) is 17.4 Å². The summed E-state index contributed by atoms with van der Waals surface area (Å²) in [5.41, 5.74) is 0.759. The highest BCUT2D eigenvalue weighted by atomic mass is 16.7. The molecule has 6 heteroatoms. The molecule has 0 spiro atoms. The fraction of sp³-hybridized carbons (Fsp3) is 0.125. The van der Waals surface area contributed by atoms with E-state index in [0.29, 0.717) is 22.5 Å². The molecule has 0 unspecified atom stereocenters. The predicted molar refractivity (Wildman–Crippen MR) is 109 cm³/mol. The number of imide groups is 1. The topological polar surface area (TPSA) is 66.9 Å². The number of amides is 2. The van der Waals surface area contributed by atoms with Crippen LogP contribution in [0, 0.1) is 5.92 Å². The molecular weight excluding hydrogens is 380 g/mol. The van der Waals surface area contributed by atoms with Crippen LogP contribution in [0.3, 0.4) is 0 Å². The van der Waals surface area contributed by atoms with Gasteiger partial charge in [0, 0.05) is 5.56 Å². The maximum atomic E-state index is 13.8. The lowest BCUT2D eigenvalue weighted by Crippen LogP contribution is -2.51. The summed E-state index contributed by atoms with van der Waals surface area (Å²) in [7, 11) is 0. The molecule has 0 saturated carbocycles. The summed E-state index contributed by atoms with van der Waals surface area (Å²) in [6.45, 7) is 0. The number of carbonyl (C=O) groups excluding carboxylic acids is 3. The molecule has 0 aromatic heterocycles. The molecule has 6 rings (SSSR count). The Hall–Kier alpha value is -3.77. The van der Waals surface area contributed by atoms with Gasteiger partial charge in [0.2, 0.25) is 5.91 Å². The van der Waals surface area contributed by atoms with Gasteiger partial charge in [-0.15, -0.1) is 0 Å². The zero-order chi connectivity index (χ0) is 20.5. The van der Waals surface area contributed by atoms with Gasteiger partial charge in [-0.25, -0.2) is 9.96 Å². The molecular formula is C24H16N2O4. The Morgan fingerprint density at radius 3 is 2.10 bits per heavy atom. The van der Waals surface area contributed by atoms with Crippen molar-refractivity contribution in [2.45, 2.75) is 11.6 Å². The monoisotopic (exact) mass is 396 g/mol. The summed E-state index contributed by atoms with van der Waals surface area (Å²) in [4.78, 5) is 48.0. The molecule has 2 fully saturated rings. The van der Waals surface area contributed by atoms with Crippen LogP contribution in [-0.4, -0.2) is 23.7 Å². The van der Waals surface area contributed by atoms with E-state index in [1.54, 1.807) is 42.5 Å². The molecule has 3 aromatic carbocycles. The molecule has 2 amide bonds. The quantitative estimate of drug-likeness (QED) is 0.623. The van der Waals surface area contributed by atoms with E-state index in [1.807, 2.05) is 42.5 Å².